The third-order valence-electron chi connectivity index (χ3n) is 5.61. The molecule has 4 nitrogen and oxygen atoms in total. The number of nitrogens with one attached hydrogen (secondary N) is 1. The molecular formula is C22H28N2O2. The van der Waals surface area contributed by atoms with Crippen molar-refractivity contribution in [2.75, 3.05) is 23.3 Å². The molecule has 1 N–H and O–H groups in total. The number of carbonyl (C=O) groups excluding carboxylic acids is 1. The van der Waals surface area contributed by atoms with Crippen molar-refractivity contribution >= 4 is 17.3 Å². The van der Waals surface area contributed by atoms with Gasteiger partial charge in [0.2, 0.25) is 5.91 Å². The Bertz CT molecular complexity index is 761. The number of rotatable bonds is 6. The van der Waals surface area contributed by atoms with Crippen LogP contribution in [-0.4, -0.2) is 19.0 Å². The van der Waals surface area contributed by atoms with Gasteiger partial charge in [0.05, 0.1) is 0 Å². The summed E-state index contributed by atoms with van der Waals surface area (Å²) in [4.78, 5) is 14.7. The number of aryl methyl sites for hydroxylation is 1. The summed E-state index contributed by atoms with van der Waals surface area (Å²) in [7, 11) is 0. The number of anilines is 2. The number of amides is 1. The summed E-state index contributed by atoms with van der Waals surface area (Å²) in [6.07, 6.45) is 6.14. The fourth-order valence-corrected chi connectivity index (χ4v) is 3.84. The van der Waals surface area contributed by atoms with Crippen LogP contribution in [0.15, 0.2) is 40.8 Å². The first kappa shape index (κ1) is 17.2. The smallest absolute Gasteiger partial charge is 0.224 e. The van der Waals surface area contributed by atoms with Gasteiger partial charge < -0.3 is 14.6 Å². The number of piperidine rings is 1. The largest absolute Gasteiger partial charge is 0.466 e. The summed E-state index contributed by atoms with van der Waals surface area (Å²) < 4.78 is 5.89. The van der Waals surface area contributed by atoms with Crippen molar-refractivity contribution in [2.24, 2.45) is 5.92 Å². The third-order valence-corrected chi connectivity index (χ3v) is 5.61. The molecule has 2 heterocycles. The minimum atomic E-state index is 0.0403. The van der Waals surface area contributed by atoms with Crippen molar-refractivity contribution in [2.45, 2.75) is 51.4 Å². The van der Waals surface area contributed by atoms with E-state index in [0.717, 1.165) is 36.2 Å². The molecule has 0 bridgehead atoms. The summed E-state index contributed by atoms with van der Waals surface area (Å²) in [5, 5.41) is 3.03. The summed E-state index contributed by atoms with van der Waals surface area (Å²) >= 11 is 0. The molecule has 4 heteroatoms. The van der Waals surface area contributed by atoms with E-state index < -0.39 is 0 Å². The molecule has 2 aromatic rings. The molecule has 1 aromatic heterocycles. The number of carbonyl (C=O) groups is 1. The van der Waals surface area contributed by atoms with Crippen molar-refractivity contribution < 1.29 is 9.21 Å². The molecule has 0 spiro atoms. The molecule has 2 fully saturated rings. The zero-order chi connectivity index (χ0) is 17.9. The minimum Gasteiger partial charge on any atom is -0.466 e. The second kappa shape index (κ2) is 7.56. The second-order valence-corrected chi connectivity index (χ2v) is 7.77. The van der Waals surface area contributed by atoms with Crippen LogP contribution < -0.4 is 10.2 Å². The Labute approximate surface area is 155 Å². The number of hydrogen-bond donors (Lipinski definition) is 1. The average Bonchev–Trinajstić information content (AvgIpc) is 3.21. The van der Waals surface area contributed by atoms with E-state index >= 15 is 0 Å². The zero-order valence-corrected chi connectivity index (χ0v) is 15.5. The number of benzene rings is 1. The van der Waals surface area contributed by atoms with Crippen LogP contribution in [0.3, 0.4) is 0 Å². The highest BCUT2D eigenvalue weighted by molar-refractivity contribution is 5.91. The lowest BCUT2D eigenvalue weighted by Crippen LogP contribution is -2.29. The van der Waals surface area contributed by atoms with Gasteiger partial charge in [-0.2, -0.15) is 0 Å². The SMILES string of the molecule is CC1CC1c1ccc(CCC(=O)Nc2cccc(N3CCCCC3)c2)o1. The van der Waals surface area contributed by atoms with E-state index in [0.29, 0.717) is 18.8 Å². The lowest BCUT2D eigenvalue weighted by molar-refractivity contribution is -0.116. The van der Waals surface area contributed by atoms with Crippen LogP contribution in [0.2, 0.25) is 0 Å². The molecule has 2 atom stereocenters. The zero-order valence-electron chi connectivity index (χ0n) is 15.5. The average molecular weight is 352 g/mol. The lowest BCUT2D eigenvalue weighted by atomic mass is 10.1. The van der Waals surface area contributed by atoms with Gasteiger partial charge in [-0.15, -0.1) is 0 Å². The van der Waals surface area contributed by atoms with Gasteiger partial charge in [-0.25, -0.2) is 0 Å². The topological polar surface area (TPSA) is 45.5 Å². The predicted octanol–water partition coefficient (Wildman–Crippen LogP) is 4.96. The standard InChI is InChI=1S/C22H28N2O2/c1-16-14-20(16)21-10-8-19(26-21)9-11-22(25)23-17-6-5-7-18(15-17)24-12-3-2-4-13-24/h5-8,10,15-16,20H,2-4,9,11-14H2,1H3,(H,23,25). The highest BCUT2D eigenvalue weighted by atomic mass is 16.3. The molecule has 2 unspecified atom stereocenters. The van der Waals surface area contributed by atoms with Crippen LogP contribution in [-0.2, 0) is 11.2 Å². The normalized spacial score (nSPS) is 22.3. The summed E-state index contributed by atoms with van der Waals surface area (Å²) in [5.74, 6) is 3.37. The molecule has 4 rings (SSSR count). The van der Waals surface area contributed by atoms with Crippen molar-refractivity contribution in [3.63, 3.8) is 0 Å². The van der Waals surface area contributed by atoms with Crippen LogP contribution in [0, 0.1) is 5.92 Å². The van der Waals surface area contributed by atoms with Gasteiger partial charge in [-0.05, 0) is 61.9 Å². The molecule has 2 aliphatic rings. The fraction of sp³-hybridized carbons (Fsp3) is 0.500. The van der Waals surface area contributed by atoms with Crippen LogP contribution in [0.5, 0.6) is 0 Å². The Hall–Kier alpha value is -2.23. The molecule has 1 amide bonds. The van der Waals surface area contributed by atoms with E-state index in [1.807, 2.05) is 18.2 Å². The summed E-state index contributed by atoms with van der Waals surface area (Å²) in [5.41, 5.74) is 2.08. The first-order valence-electron chi connectivity index (χ1n) is 9.92. The molecule has 26 heavy (non-hydrogen) atoms. The Balaban J connectivity index is 1.29. The van der Waals surface area contributed by atoms with Gasteiger partial charge in [-0.1, -0.05) is 13.0 Å². The molecule has 1 aromatic carbocycles. The maximum Gasteiger partial charge on any atom is 0.224 e. The van der Waals surface area contributed by atoms with Crippen LogP contribution in [0.1, 0.15) is 56.5 Å². The third kappa shape index (κ3) is 4.12. The van der Waals surface area contributed by atoms with Crippen molar-refractivity contribution in [1.82, 2.24) is 0 Å². The Morgan fingerprint density at radius 2 is 2.00 bits per heavy atom. The number of nitrogens with zero attached hydrogens (tertiary/aromatic N) is 1. The Morgan fingerprint density at radius 3 is 2.77 bits per heavy atom. The lowest BCUT2D eigenvalue weighted by Gasteiger charge is -2.29. The number of hydrogen-bond acceptors (Lipinski definition) is 3. The highest BCUT2D eigenvalue weighted by Crippen LogP contribution is 2.47. The van der Waals surface area contributed by atoms with E-state index in [9.17, 15) is 4.79 Å². The molecule has 0 radical (unpaired) electrons. The van der Waals surface area contributed by atoms with E-state index in [4.69, 9.17) is 4.42 Å². The molecule has 1 saturated heterocycles. The van der Waals surface area contributed by atoms with Gasteiger partial charge >= 0.3 is 0 Å². The molecule has 1 aliphatic heterocycles. The van der Waals surface area contributed by atoms with E-state index in [1.165, 1.54) is 31.4 Å². The Morgan fingerprint density at radius 1 is 1.19 bits per heavy atom. The molecule has 1 aliphatic carbocycles. The first-order valence-corrected chi connectivity index (χ1v) is 9.92. The van der Waals surface area contributed by atoms with Gasteiger partial charge in [0.15, 0.2) is 0 Å². The van der Waals surface area contributed by atoms with Gasteiger partial charge in [0.1, 0.15) is 11.5 Å². The predicted molar refractivity (Wildman–Crippen MR) is 105 cm³/mol. The van der Waals surface area contributed by atoms with Crippen LogP contribution in [0.25, 0.3) is 0 Å². The summed E-state index contributed by atoms with van der Waals surface area (Å²) in [6, 6.07) is 12.3. The van der Waals surface area contributed by atoms with Crippen molar-refractivity contribution in [1.29, 1.82) is 0 Å². The van der Waals surface area contributed by atoms with E-state index in [-0.39, 0.29) is 5.91 Å². The Kier molecular flexibility index (Phi) is 5.00. The minimum absolute atomic E-state index is 0.0403. The van der Waals surface area contributed by atoms with Crippen LogP contribution in [0.4, 0.5) is 11.4 Å². The highest BCUT2D eigenvalue weighted by Gasteiger charge is 2.36. The number of furan rings is 1. The maximum atomic E-state index is 12.3. The quantitative estimate of drug-likeness (QED) is 0.799. The van der Waals surface area contributed by atoms with Gasteiger partial charge in [-0.3, -0.25) is 4.79 Å². The first-order chi connectivity index (χ1) is 12.7. The summed E-state index contributed by atoms with van der Waals surface area (Å²) in [6.45, 7) is 4.47. The van der Waals surface area contributed by atoms with Gasteiger partial charge in [0.25, 0.3) is 0 Å². The fourth-order valence-electron chi connectivity index (χ4n) is 3.84. The van der Waals surface area contributed by atoms with E-state index in [2.05, 4.69) is 35.3 Å². The molecular weight excluding hydrogens is 324 g/mol. The van der Waals surface area contributed by atoms with E-state index in [1.54, 1.807) is 0 Å². The van der Waals surface area contributed by atoms with Crippen molar-refractivity contribution in [3.8, 4) is 0 Å². The van der Waals surface area contributed by atoms with Crippen molar-refractivity contribution in [3.05, 3.63) is 47.9 Å². The molecule has 1 saturated carbocycles. The maximum absolute atomic E-state index is 12.3. The monoisotopic (exact) mass is 352 g/mol. The van der Waals surface area contributed by atoms with Gasteiger partial charge in [0, 0.05) is 43.2 Å². The second-order valence-electron chi connectivity index (χ2n) is 7.77. The van der Waals surface area contributed by atoms with Crippen LogP contribution >= 0.6 is 0 Å². The molecule has 138 valence electrons.